The predicted octanol–water partition coefficient (Wildman–Crippen LogP) is 5.81. The molecule has 162 valence electrons. The van der Waals surface area contributed by atoms with Crippen molar-refractivity contribution in [2.24, 2.45) is 0 Å². The van der Waals surface area contributed by atoms with Gasteiger partial charge in [0.1, 0.15) is 5.82 Å². The summed E-state index contributed by atoms with van der Waals surface area (Å²) in [4.78, 5) is 13.0. The summed E-state index contributed by atoms with van der Waals surface area (Å²) < 4.78 is 15.4. The SMILES string of the molecule is Cc1cccc(C)c1NC(=O)C(C)Sc1nnc(-c2ccccc2)n1-c1ccc(F)cc1. The van der Waals surface area contributed by atoms with E-state index in [0.717, 1.165) is 28.1 Å². The Bertz CT molecular complexity index is 1220. The normalized spacial score (nSPS) is 11.9. The van der Waals surface area contributed by atoms with E-state index in [1.165, 1.54) is 23.9 Å². The fraction of sp³-hybridized carbons (Fsp3) is 0.160. The Hall–Kier alpha value is -3.45. The van der Waals surface area contributed by atoms with Crippen LogP contribution < -0.4 is 5.32 Å². The number of carbonyl (C=O) groups is 1. The molecular formula is C25H23FN4OS. The lowest BCUT2D eigenvalue weighted by atomic mass is 10.1. The summed E-state index contributed by atoms with van der Waals surface area (Å²) >= 11 is 1.31. The maximum Gasteiger partial charge on any atom is 0.237 e. The number of amides is 1. The van der Waals surface area contributed by atoms with Crippen molar-refractivity contribution in [3.8, 4) is 17.1 Å². The van der Waals surface area contributed by atoms with Gasteiger partial charge in [-0.1, -0.05) is 60.3 Å². The predicted molar refractivity (Wildman–Crippen MR) is 127 cm³/mol. The number of benzene rings is 3. The van der Waals surface area contributed by atoms with Crippen molar-refractivity contribution in [2.45, 2.75) is 31.2 Å². The fourth-order valence-electron chi connectivity index (χ4n) is 3.39. The zero-order valence-electron chi connectivity index (χ0n) is 18.0. The van der Waals surface area contributed by atoms with Crippen LogP contribution in [0.4, 0.5) is 10.1 Å². The number of thioether (sulfide) groups is 1. The number of hydrogen-bond acceptors (Lipinski definition) is 4. The first-order chi connectivity index (χ1) is 15.4. The van der Waals surface area contributed by atoms with Gasteiger partial charge in [0.15, 0.2) is 11.0 Å². The molecule has 1 N–H and O–H groups in total. The third kappa shape index (κ3) is 4.57. The number of rotatable bonds is 6. The van der Waals surface area contributed by atoms with Crippen LogP contribution in [0.5, 0.6) is 0 Å². The number of aromatic nitrogens is 3. The van der Waals surface area contributed by atoms with Gasteiger partial charge in [-0.3, -0.25) is 9.36 Å². The lowest BCUT2D eigenvalue weighted by Crippen LogP contribution is -2.23. The zero-order valence-corrected chi connectivity index (χ0v) is 18.9. The first kappa shape index (κ1) is 21.8. The van der Waals surface area contributed by atoms with Crippen molar-refractivity contribution in [1.29, 1.82) is 0 Å². The highest BCUT2D eigenvalue weighted by molar-refractivity contribution is 8.00. The summed E-state index contributed by atoms with van der Waals surface area (Å²) in [5.74, 6) is 0.183. The number of carbonyl (C=O) groups excluding carboxylic acids is 1. The first-order valence-corrected chi connectivity index (χ1v) is 11.1. The summed E-state index contributed by atoms with van der Waals surface area (Å²) in [5.41, 5.74) is 4.45. The molecule has 0 bridgehead atoms. The minimum atomic E-state index is -0.430. The Balaban J connectivity index is 1.65. The van der Waals surface area contributed by atoms with E-state index in [4.69, 9.17) is 0 Å². The minimum Gasteiger partial charge on any atom is -0.325 e. The second kappa shape index (κ2) is 9.36. The Labute approximate surface area is 190 Å². The first-order valence-electron chi connectivity index (χ1n) is 10.2. The Kier molecular flexibility index (Phi) is 6.37. The second-order valence-corrected chi connectivity index (χ2v) is 8.81. The molecule has 7 heteroatoms. The highest BCUT2D eigenvalue weighted by Crippen LogP contribution is 2.31. The van der Waals surface area contributed by atoms with Crippen molar-refractivity contribution in [2.75, 3.05) is 5.32 Å². The van der Waals surface area contributed by atoms with Gasteiger partial charge in [-0.15, -0.1) is 10.2 Å². The number of anilines is 1. The van der Waals surface area contributed by atoms with Crippen molar-refractivity contribution in [3.63, 3.8) is 0 Å². The minimum absolute atomic E-state index is 0.123. The monoisotopic (exact) mass is 446 g/mol. The lowest BCUT2D eigenvalue weighted by molar-refractivity contribution is -0.115. The molecule has 0 radical (unpaired) electrons. The topological polar surface area (TPSA) is 59.8 Å². The van der Waals surface area contributed by atoms with Crippen molar-refractivity contribution >= 4 is 23.4 Å². The van der Waals surface area contributed by atoms with Gasteiger partial charge in [0.2, 0.25) is 5.91 Å². The van der Waals surface area contributed by atoms with E-state index in [0.29, 0.717) is 11.0 Å². The molecular weight excluding hydrogens is 423 g/mol. The van der Waals surface area contributed by atoms with Crippen LogP contribution in [0.3, 0.4) is 0 Å². The number of hydrogen-bond donors (Lipinski definition) is 1. The molecule has 0 saturated heterocycles. The van der Waals surface area contributed by atoms with Crippen molar-refractivity contribution < 1.29 is 9.18 Å². The maximum atomic E-state index is 13.5. The van der Waals surface area contributed by atoms with Crippen molar-refractivity contribution in [1.82, 2.24) is 14.8 Å². The standard InChI is InChI=1S/C25H23FN4OS/c1-16-8-7-9-17(2)22(16)27-24(31)18(3)32-25-29-28-23(19-10-5-4-6-11-19)30(25)21-14-12-20(26)13-15-21/h4-15,18H,1-3H3,(H,27,31). The molecule has 0 fully saturated rings. The summed E-state index contributed by atoms with van der Waals surface area (Å²) in [5, 5.41) is 11.9. The molecule has 0 saturated carbocycles. The molecule has 1 atom stereocenters. The van der Waals surface area contributed by atoms with E-state index in [1.54, 1.807) is 12.1 Å². The third-order valence-electron chi connectivity index (χ3n) is 5.13. The molecule has 0 aliphatic heterocycles. The van der Waals surface area contributed by atoms with Gasteiger partial charge in [-0.2, -0.15) is 0 Å². The van der Waals surface area contributed by atoms with Gasteiger partial charge >= 0.3 is 0 Å². The van der Waals surface area contributed by atoms with E-state index in [2.05, 4.69) is 15.5 Å². The maximum absolute atomic E-state index is 13.5. The number of nitrogens with zero attached hydrogens (tertiary/aromatic N) is 3. The molecule has 4 rings (SSSR count). The quantitative estimate of drug-likeness (QED) is 0.380. The Morgan fingerprint density at radius 2 is 1.59 bits per heavy atom. The van der Waals surface area contributed by atoms with E-state index >= 15 is 0 Å². The highest BCUT2D eigenvalue weighted by atomic mass is 32.2. The number of halogens is 1. The van der Waals surface area contributed by atoms with Gasteiger partial charge in [0.25, 0.3) is 0 Å². The van der Waals surface area contributed by atoms with E-state index < -0.39 is 5.25 Å². The molecule has 1 heterocycles. The molecule has 0 aliphatic carbocycles. The smallest absolute Gasteiger partial charge is 0.237 e. The second-order valence-electron chi connectivity index (χ2n) is 7.50. The summed E-state index contributed by atoms with van der Waals surface area (Å²) in [6.45, 7) is 5.77. The molecule has 32 heavy (non-hydrogen) atoms. The summed E-state index contributed by atoms with van der Waals surface area (Å²) in [6, 6.07) is 21.7. The third-order valence-corrected chi connectivity index (χ3v) is 6.17. The average Bonchev–Trinajstić information content (AvgIpc) is 3.20. The van der Waals surface area contributed by atoms with E-state index in [-0.39, 0.29) is 11.7 Å². The van der Waals surface area contributed by atoms with E-state index in [1.807, 2.05) is 73.9 Å². The molecule has 3 aromatic carbocycles. The van der Waals surface area contributed by atoms with Crippen LogP contribution in [-0.4, -0.2) is 25.9 Å². The van der Waals surface area contributed by atoms with Crippen LogP contribution in [0.2, 0.25) is 0 Å². The molecule has 1 unspecified atom stereocenters. The van der Waals surface area contributed by atoms with Crippen LogP contribution in [0.1, 0.15) is 18.1 Å². The largest absolute Gasteiger partial charge is 0.325 e. The number of aryl methyl sites for hydroxylation is 2. The molecule has 1 amide bonds. The summed E-state index contributed by atoms with van der Waals surface area (Å²) in [6.07, 6.45) is 0. The van der Waals surface area contributed by atoms with Gasteiger partial charge in [0.05, 0.1) is 5.25 Å². The highest BCUT2D eigenvalue weighted by Gasteiger charge is 2.22. The van der Waals surface area contributed by atoms with Crippen LogP contribution in [-0.2, 0) is 4.79 Å². The van der Waals surface area contributed by atoms with Crippen molar-refractivity contribution in [3.05, 3.63) is 89.7 Å². The fourth-order valence-corrected chi connectivity index (χ4v) is 4.26. The van der Waals surface area contributed by atoms with E-state index in [9.17, 15) is 9.18 Å². The van der Waals surface area contributed by atoms with Gasteiger partial charge < -0.3 is 5.32 Å². The average molecular weight is 447 g/mol. The lowest BCUT2D eigenvalue weighted by Gasteiger charge is -2.16. The van der Waals surface area contributed by atoms with Gasteiger partial charge in [0, 0.05) is 16.9 Å². The zero-order chi connectivity index (χ0) is 22.7. The molecule has 1 aromatic heterocycles. The number of nitrogens with one attached hydrogen (secondary N) is 1. The molecule has 0 spiro atoms. The Morgan fingerprint density at radius 1 is 0.938 bits per heavy atom. The van der Waals surface area contributed by atoms with Crippen LogP contribution in [0, 0.1) is 19.7 Å². The molecule has 0 aliphatic rings. The molecule has 5 nitrogen and oxygen atoms in total. The molecule has 4 aromatic rings. The van der Waals surface area contributed by atoms with Gasteiger partial charge in [-0.05, 0) is 56.2 Å². The van der Waals surface area contributed by atoms with Gasteiger partial charge in [-0.25, -0.2) is 4.39 Å². The Morgan fingerprint density at radius 3 is 2.25 bits per heavy atom. The van der Waals surface area contributed by atoms with Crippen LogP contribution in [0.25, 0.3) is 17.1 Å². The van der Waals surface area contributed by atoms with Crippen LogP contribution >= 0.6 is 11.8 Å². The summed E-state index contributed by atoms with van der Waals surface area (Å²) in [7, 11) is 0. The number of para-hydroxylation sites is 1. The van der Waals surface area contributed by atoms with Crippen LogP contribution in [0.15, 0.2) is 78.0 Å².